The number of likely N-dealkylation sites (tertiary alicyclic amines) is 1. The zero-order chi connectivity index (χ0) is 23.1. The number of carbonyl (C=O) groups excluding carboxylic acids is 2. The molecule has 1 saturated carbocycles. The van der Waals surface area contributed by atoms with Gasteiger partial charge in [-0.05, 0) is 62.5 Å². The third-order valence-electron chi connectivity index (χ3n) is 6.83. The third kappa shape index (κ3) is 5.05. The lowest BCUT2D eigenvalue weighted by Crippen LogP contribution is -2.41. The molecule has 1 aromatic rings. The molecule has 2 fully saturated rings. The van der Waals surface area contributed by atoms with Crippen LogP contribution in [0.25, 0.3) is 0 Å². The highest BCUT2D eigenvalue weighted by Gasteiger charge is 2.44. The number of alkyl halides is 3. The Morgan fingerprint density at radius 2 is 1.88 bits per heavy atom. The van der Waals surface area contributed by atoms with E-state index < -0.39 is 22.4 Å². The van der Waals surface area contributed by atoms with Crippen molar-refractivity contribution in [3.63, 3.8) is 0 Å². The predicted molar refractivity (Wildman–Crippen MR) is 120 cm³/mol. The zero-order valence-electron chi connectivity index (χ0n) is 18.5. The summed E-state index contributed by atoms with van der Waals surface area (Å²) in [5.74, 6) is 0.269. The summed E-state index contributed by atoms with van der Waals surface area (Å²) < 4.78 is 39.5. The highest BCUT2D eigenvalue weighted by Crippen LogP contribution is 2.44. The van der Waals surface area contributed by atoms with Gasteiger partial charge in [0.25, 0.3) is 5.91 Å². The molecule has 0 spiro atoms. The van der Waals surface area contributed by atoms with Gasteiger partial charge in [0.2, 0.25) is 5.91 Å². The van der Waals surface area contributed by atoms with Gasteiger partial charge in [-0.25, -0.2) is 4.99 Å². The summed E-state index contributed by atoms with van der Waals surface area (Å²) in [5.41, 5.74) is -0.394. The Morgan fingerprint density at radius 1 is 1.22 bits per heavy atom. The van der Waals surface area contributed by atoms with Crippen molar-refractivity contribution in [3.8, 4) is 0 Å². The Bertz CT molecular complexity index is 920. The predicted octanol–water partition coefficient (Wildman–Crippen LogP) is 5.67. The van der Waals surface area contributed by atoms with Crippen LogP contribution in [0.4, 0.5) is 13.2 Å². The van der Waals surface area contributed by atoms with Crippen molar-refractivity contribution >= 4 is 28.6 Å². The van der Waals surface area contributed by atoms with Gasteiger partial charge in [0.15, 0.2) is 0 Å². The molecule has 1 unspecified atom stereocenters. The van der Waals surface area contributed by atoms with Gasteiger partial charge in [-0.1, -0.05) is 36.9 Å². The van der Waals surface area contributed by atoms with Gasteiger partial charge < -0.3 is 4.90 Å². The number of benzene rings is 1. The van der Waals surface area contributed by atoms with Crippen molar-refractivity contribution < 1.29 is 22.8 Å². The van der Waals surface area contributed by atoms with E-state index >= 15 is 0 Å². The molecule has 4 rings (SSSR count). The van der Waals surface area contributed by atoms with Crippen LogP contribution in [0.15, 0.2) is 29.3 Å². The van der Waals surface area contributed by atoms with Crippen LogP contribution in [0.3, 0.4) is 0 Å². The molecule has 174 valence electrons. The third-order valence-corrected chi connectivity index (χ3v) is 8.12. The molecular formula is C24H29F3N2O2S. The van der Waals surface area contributed by atoms with Crippen molar-refractivity contribution in [2.45, 2.75) is 69.2 Å². The molecule has 8 heteroatoms. The maximum Gasteiger partial charge on any atom is 0.416 e. The van der Waals surface area contributed by atoms with E-state index in [1.165, 1.54) is 23.9 Å². The van der Waals surface area contributed by atoms with E-state index in [4.69, 9.17) is 0 Å². The Labute approximate surface area is 191 Å². The molecule has 0 aromatic heterocycles. The van der Waals surface area contributed by atoms with Crippen LogP contribution >= 0.6 is 11.8 Å². The minimum atomic E-state index is -4.41. The maximum absolute atomic E-state index is 13.4. The van der Waals surface area contributed by atoms with Gasteiger partial charge >= 0.3 is 6.18 Å². The summed E-state index contributed by atoms with van der Waals surface area (Å²) in [4.78, 5) is 31.2. The maximum atomic E-state index is 13.4. The standard InChI is InChI=1S/C24H29F3N2O2S/c1-15(18-5-3-4-6-19(18)24(25,26)27)13-20-28-22(31)23(2,32-20)14-16-9-11-29(12-10-16)21(30)17-7-8-17/h3-6,15-17H,7-14H2,1-2H3/t15-,23?/m1/s1. The first kappa shape index (κ1) is 23.3. The molecule has 0 bridgehead atoms. The number of rotatable bonds is 6. The lowest BCUT2D eigenvalue weighted by Gasteiger charge is -2.35. The number of halogens is 3. The van der Waals surface area contributed by atoms with Crippen LogP contribution < -0.4 is 0 Å². The van der Waals surface area contributed by atoms with Crippen molar-refractivity contribution in [1.82, 2.24) is 4.90 Å². The van der Waals surface area contributed by atoms with E-state index in [1.54, 1.807) is 13.0 Å². The highest BCUT2D eigenvalue weighted by atomic mass is 32.2. The Morgan fingerprint density at radius 3 is 2.50 bits per heavy atom. The SMILES string of the molecule is C[C@H](CC1=NC(=O)C(C)(CC2CCN(C(=O)C3CC3)CC2)S1)c1ccccc1C(F)(F)F. The molecule has 1 aliphatic carbocycles. The van der Waals surface area contributed by atoms with E-state index in [2.05, 4.69) is 4.99 Å². The summed E-state index contributed by atoms with van der Waals surface area (Å²) in [6.45, 7) is 5.13. The number of hydrogen-bond acceptors (Lipinski definition) is 3. The average molecular weight is 467 g/mol. The van der Waals surface area contributed by atoms with Gasteiger partial charge in [-0.2, -0.15) is 13.2 Å². The summed E-state index contributed by atoms with van der Waals surface area (Å²) in [6, 6.07) is 5.61. The molecule has 2 heterocycles. The van der Waals surface area contributed by atoms with Crippen LogP contribution in [0.5, 0.6) is 0 Å². The van der Waals surface area contributed by atoms with Crippen molar-refractivity contribution in [2.75, 3.05) is 13.1 Å². The summed E-state index contributed by atoms with van der Waals surface area (Å²) >= 11 is 1.41. The molecule has 4 nitrogen and oxygen atoms in total. The van der Waals surface area contributed by atoms with Gasteiger partial charge in [0, 0.05) is 25.4 Å². The number of aliphatic imine (C=N–C) groups is 1. The second-order valence-corrected chi connectivity index (χ2v) is 11.2. The first-order chi connectivity index (χ1) is 15.1. The number of amides is 2. The van der Waals surface area contributed by atoms with Gasteiger partial charge in [0.05, 0.1) is 10.6 Å². The largest absolute Gasteiger partial charge is 0.416 e. The second kappa shape index (κ2) is 8.84. The highest BCUT2D eigenvalue weighted by molar-refractivity contribution is 8.16. The zero-order valence-corrected chi connectivity index (χ0v) is 19.3. The number of nitrogens with zero attached hydrogens (tertiary/aromatic N) is 2. The molecule has 2 aliphatic heterocycles. The fourth-order valence-electron chi connectivity index (χ4n) is 4.83. The van der Waals surface area contributed by atoms with E-state index in [0.717, 1.165) is 44.8 Å². The lowest BCUT2D eigenvalue weighted by molar-refractivity contribution is -0.138. The Hall–Kier alpha value is -1.83. The molecule has 2 atom stereocenters. The van der Waals surface area contributed by atoms with Crippen LogP contribution in [-0.4, -0.2) is 39.6 Å². The average Bonchev–Trinajstić information content (AvgIpc) is 3.54. The normalized spacial score (nSPS) is 25.7. The number of piperidine rings is 1. The molecule has 1 aromatic carbocycles. The van der Waals surface area contributed by atoms with Crippen LogP contribution in [0.2, 0.25) is 0 Å². The molecule has 0 radical (unpaired) electrons. The van der Waals surface area contributed by atoms with Crippen molar-refractivity contribution in [2.24, 2.45) is 16.8 Å². The minimum absolute atomic E-state index is 0.190. The van der Waals surface area contributed by atoms with E-state index in [-0.39, 0.29) is 23.3 Å². The molecule has 3 aliphatic rings. The minimum Gasteiger partial charge on any atom is -0.342 e. The van der Waals surface area contributed by atoms with Gasteiger partial charge in [-0.15, -0.1) is 0 Å². The van der Waals surface area contributed by atoms with Crippen LogP contribution in [0.1, 0.15) is 69.4 Å². The summed E-state index contributed by atoms with van der Waals surface area (Å²) in [7, 11) is 0. The Kier molecular flexibility index (Phi) is 6.45. The number of carbonyl (C=O) groups is 2. The van der Waals surface area contributed by atoms with Crippen molar-refractivity contribution in [3.05, 3.63) is 35.4 Å². The van der Waals surface area contributed by atoms with Gasteiger partial charge in [-0.3, -0.25) is 9.59 Å². The number of thioether (sulfide) groups is 1. The molecule has 2 amide bonds. The molecular weight excluding hydrogens is 437 g/mol. The Balaban J connectivity index is 1.34. The van der Waals surface area contributed by atoms with E-state index in [9.17, 15) is 22.8 Å². The van der Waals surface area contributed by atoms with E-state index in [1.807, 2.05) is 11.8 Å². The molecule has 32 heavy (non-hydrogen) atoms. The first-order valence-electron chi connectivity index (χ1n) is 11.3. The summed E-state index contributed by atoms with van der Waals surface area (Å²) in [6.07, 6.45) is 0.368. The van der Waals surface area contributed by atoms with Crippen LogP contribution in [0, 0.1) is 11.8 Å². The fourth-order valence-corrected chi connectivity index (χ4v) is 6.26. The second-order valence-electron chi connectivity index (χ2n) is 9.58. The van der Waals surface area contributed by atoms with E-state index in [0.29, 0.717) is 23.8 Å². The molecule has 1 saturated heterocycles. The van der Waals surface area contributed by atoms with Crippen molar-refractivity contribution in [1.29, 1.82) is 0 Å². The monoisotopic (exact) mass is 466 g/mol. The fraction of sp³-hybridized carbons (Fsp3) is 0.625. The lowest BCUT2D eigenvalue weighted by atomic mass is 9.87. The smallest absolute Gasteiger partial charge is 0.342 e. The molecule has 0 N–H and O–H groups in total. The number of hydrogen-bond donors (Lipinski definition) is 0. The summed E-state index contributed by atoms with van der Waals surface area (Å²) in [5, 5.41) is 0.614. The van der Waals surface area contributed by atoms with Gasteiger partial charge in [0.1, 0.15) is 4.75 Å². The first-order valence-corrected chi connectivity index (χ1v) is 12.1. The quantitative estimate of drug-likeness (QED) is 0.543. The van der Waals surface area contributed by atoms with Crippen LogP contribution in [-0.2, 0) is 15.8 Å². The topological polar surface area (TPSA) is 49.7 Å².